The quantitative estimate of drug-likeness (QED) is 0.718. The molecule has 2 saturated heterocycles. The van der Waals surface area contributed by atoms with Crippen molar-refractivity contribution in [2.24, 2.45) is 5.92 Å². The largest absolute Gasteiger partial charge is 0.373 e. The number of morpholine rings is 1. The molecule has 2 fully saturated rings. The summed E-state index contributed by atoms with van der Waals surface area (Å²) in [4.78, 5) is 15.6. The first-order valence-corrected chi connectivity index (χ1v) is 12.9. The molecular weight excluding hydrogens is 414 g/mol. The predicted molar refractivity (Wildman–Crippen MR) is 123 cm³/mol. The number of benzene rings is 1. The minimum atomic E-state index is -3.56. The number of amides is 1. The molecule has 1 aromatic carbocycles. The molecule has 2 aliphatic rings. The minimum absolute atomic E-state index is 0.0693. The van der Waals surface area contributed by atoms with Gasteiger partial charge in [0.2, 0.25) is 15.9 Å². The molecule has 0 saturated carbocycles. The van der Waals surface area contributed by atoms with Crippen LogP contribution < -0.4 is 5.32 Å². The molecular formula is C23H37N3O4S. The Morgan fingerprint density at radius 3 is 2.26 bits per heavy atom. The summed E-state index contributed by atoms with van der Waals surface area (Å²) < 4.78 is 33.7. The van der Waals surface area contributed by atoms with Gasteiger partial charge in [0.25, 0.3) is 0 Å². The first-order chi connectivity index (χ1) is 14.7. The Kier molecular flexibility index (Phi) is 8.13. The summed E-state index contributed by atoms with van der Waals surface area (Å²) in [6.07, 6.45) is 4.05. The second-order valence-corrected chi connectivity index (χ2v) is 11.2. The third-order valence-corrected chi connectivity index (χ3v) is 7.94. The molecule has 1 amide bonds. The van der Waals surface area contributed by atoms with Gasteiger partial charge in [-0.25, -0.2) is 8.42 Å². The molecule has 7 nitrogen and oxygen atoms in total. The molecule has 0 radical (unpaired) electrons. The molecule has 0 aliphatic carbocycles. The highest BCUT2D eigenvalue weighted by Crippen LogP contribution is 2.24. The molecule has 0 aromatic heterocycles. The zero-order valence-electron chi connectivity index (χ0n) is 19.2. The first kappa shape index (κ1) is 24.2. The highest BCUT2D eigenvalue weighted by Gasteiger charge is 2.34. The van der Waals surface area contributed by atoms with E-state index in [2.05, 4.69) is 10.2 Å². The fraction of sp³-hybridized carbons (Fsp3) is 0.696. The van der Waals surface area contributed by atoms with Crippen LogP contribution in [0.2, 0.25) is 0 Å². The number of nitrogens with one attached hydrogen (secondary N) is 1. The Morgan fingerprint density at radius 2 is 1.68 bits per heavy atom. The van der Waals surface area contributed by atoms with Gasteiger partial charge in [0.05, 0.1) is 23.1 Å². The minimum Gasteiger partial charge on any atom is -0.373 e. The van der Waals surface area contributed by atoms with E-state index in [0.717, 1.165) is 25.7 Å². The van der Waals surface area contributed by atoms with E-state index in [9.17, 15) is 13.2 Å². The normalized spacial score (nSPS) is 25.2. The Hall–Kier alpha value is -1.48. The molecule has 1 aromatic rings. The fourth-order valence-electron chi connectivity index (χ4n) is 4.72. The molecule has 31 heavy (non-hydrogen) atoms. The van der Waals surface area contributed by atoms with Crippen LogP contribution in [0.25, 0.3) is 0 Å². The van der Waals surface area contributed by atoms with E-state index in [0.29, 0.717) is 31.9 Å². The highest BCUT2D eigenvalue weighted by atomic mass is 32.2. The Bertz CT molecular complexity index is 840. The molecule has 2 aliphatic heterocycles. The number of sulfonamides is 1. The number of anilines is 1. The van der Waals surface area contributed by atoms with Crippen LogP contribution in [0, 0.1) is 5.92 Å². The summed E-state index contributed by atoms with van der Waals surface area (Å²) in [5, 5.41) is 2.97. The third kappa shape index (κ3) is 6.06. The molecule has 2 heterocycles. The summed E-state index contributed by atoms with van der Waals surface area (Å²) in [5.74, 6) is 0.00198. The average molecular weight is 452 g/mol. The lowest BCUT2D eigenvalue weighted by Crippen LogP contribution is -2.55. The van der Waals surface area contributed by atoms with Crippen molar-refractivity contribution >= 4 is 21.6 Å². The molecule has 3 unspecified atom stereocenters. The molecule has 174 valence electrons. The van der Waals surface area contributed by atoms with Crippen molar-refractivity contribution in [2.75, 3.05) is 31.5 Å². The van der Waals surface area contributed by atoms with Crippen molar-refractivity contribution < 1.29 is 17.9 Å². The molecule has 0 spiro atoms. The maximum absolute atomic E-state index is 13.2. The van der Waals surface area contributed by atoms with Gasteiger partial charge in [0.15, 0.2) is 0 Å². The van der Waals surface area contributed by atoms with Crippen LogP contribution in [0.15, 0.2) is 29.2 Å². The standard InChI is InChI=1S/C23H37N3O4S/c1-17(2)22(25-15-18(3)30-19(4)16-25)23(27)24-20-10-9-11-21(14-20)31(28,29)26-12-7-5-6-8-13-26/h9-11,14,17-19,22H,5-8,12-13,15-16H2,1-4H3,(H,24,27). The van der Waals surface area contributed by atoms with E-state index >= 15 is 0 Å². The highest BCUT2D eigenvalue weighted by molar-refractivity contribution is 7.89. The Balaban J connectivity index is 1.76. The van der Waals surface area contributed by atoms with E-state index < -0.39 is 10.0 Å². The van der Waals surface area contributed by atoms with Gasteiger partial charge in [-0.1, -0.05) is 32.8 Å². The molecule has 8 heteroatoms. The number of carbonyl (C=O) groups excluding carboxylic acids is 1. The van der Waals surface area contributed by atoms with E-state index in [4.69, 9.17) is 4.74 Å². The summed E-state index contributed by atoms with van der Waals surface area (Å²) in [5.41, 5.74) is 0.515. The summed E-state index contributed by atoms with van der Waals surface area (Å²) in [7, 11) is -3.56. The van der Waals surface area contributed by atoms with Gasteiger partial charge in [-0.3, -0.25) is 9.69 Å². The maximum Gasteiger partial charge on any atom is 0.243 e. The van der Waals surface area contributed by atoms with E-state index in [-0.39, 0.29) is 35.0 Å². The second kappa shape index (κ2) is 10.4. The summed E-state index contributed by atoms with van der Waals surface area (Å²) in [6, 6.07) is 6.34. The van der Waals surface area contributed by atoms with Gasteiger partial charge < -0.3 is 10.1 Å². The average Bonchev–Trinajstić information content (AvgIpc) is 2.97. The number of carbonyl (C=O) groups is 1. The SMILES string of the molecule is CC1CN(C(C(=O)Nc2cccc(S(=O)(=O)N3CCCCCC3)c2)C(C)C)CC(C)O1. The maximum atomic E-state index is 13.2. The van der Waals surface area contributed by atoms with Gasteiger partial charge in [0.1, 0.15) is 0 Å². The Labute approximate surface area is 187 Å². The van der Waals surface area contributed by atoms with Crippen LogP contribution in [0.5, 0.6) is 0 Å². The number of rotatable bonds is 6. The van der Waals surface area contributed by atoms with Crippen LogP contribution in [0.1, 0.15) is 53.4 Å². The van der Waals surface area contributed by atoms with Crippen molar-refractivity contribution in [2.45, 2.75) is 76.5 Å². The molecule has 3 rings (SSSR count). The topological polar surface area (TPSA) is 79.0 Å². The molecule has 1 N–H and O–H groups in total. The predicted octanol–water partition coefficient (Wildman–Crippen LogP) is 3.32. The lowest BCUT2D eigenvalue weighted by Gasteiger charge is -2.41. The van der Waals surface area contributed by atoms with E-state index in [1.165, 1.54) is 0 Å². The molecule has 3 atom stereocenters. The number of nitrogens with zero attached hydrogens (tertiary/aromatic N) is 2. The van der Waals surface area contributed by atoms with Crippen LogP contribution in [-0.4, -0.2) is 68.0 Å². The smallest absolute Gasteiger partial charge is 0.243 e. The zero-order valence-corrected chi connectivity index (χ0v) is 20.0. The summed E-state index contributed by atoms with van der Waals surface area (Å²) >= 11 is 0. The monoisotopic (exact) mass is 451 g/mol. The lowest BCUT2D eigenvalue weighted by atomic mass is 9.99. The van der Waals surface area contributed by atoms with E-state index in [1.807, 2.05) is 27.7 Å². The van der Waals surface area contributed by atoms with Crippen LogP contribution in [-0.2, 0) is 19.6 Å². The Morgan fingerprint density at radius 1 is 1.06 bits per heavy atom. The summed E-state index contributed by atoms with van der Waals surface area (Å²) in [6.45, 7) is 10.6. The van der Waals surface area contributed by atoms with Crippen molar-refractivity contribution in [3.63, 3.8) is 0 Å². The van der Waals surface area contributed by atoms with Gasteiger partial charge in [-0.15, -0.1) is 0 Å². The van der Waals surface area contributed by atoms with Crippen molar-refractivity contribution in [1.29, 1.82) is 0 Å². The van der Waals surface area contributed by atoms with Gasteiger partial charge >= 0.3 is 0 Å². The first-order valence-electron chi connectivity index (χ1n) is 11.5. The van der Waals surface area contributed by atoms with Crippen molar-refractivity contribution in [1.82, 2.24) is 9.21 Å². The number of ether oxygens (including phenoxy) is 1. The number of hydrogen-bond acceptors (Lipinski definition) is 5. The molecule has 0 bridgehead atoms. The van der Waals surface area contributed by atoms with E-state index in [1.54, 1.807) is 28.6 Å². The van der Waals surface area contributed by atoms with Crippen molar-refractivity contribution in [3.8, 4) is 0 Å². The van der Waals surface area contributed by atoms with Gasteiger partial charge in [-0.2, -0.15) is 4.31 Å². The fourth-order valence-corrected chi connectivity index (χ4v) is 6.28. The van der Waals surface area contributed by atoms with Gasteiger partial charge in [-0.05, 0) is 50.8 Å². The van der Waals surface area contributed by atoms with Crippen LogP contribution in [0.4, 0.5) is 5.69 Å². The lowest BCUT2D eigenvalue weighted by molar-refractivity contribution is -0.130. The zero-order chi connectivity index (χ0) is 22.6. The van der Waals surface area contributed by atoms with Crippen LogP contribution >= 0.6 is 0 Å². The number of hydrogen-bond donors (Lipinski definition) is 1. The second-order valence-electron chi connectivity index (χ2n) is 9.24. The third-order valence-electron chi connectivity index (χ3n) is 6.05. The van der Waals surface area contributed by atoms with Gasteiger partial charge in [0, 0.05) is 31.9 Å². The van der Waals surface area contributed by atoms with Crippen LogP contribution in [0.3, 0.4) is 0 Å². The van der Waals surface area contributed by atoms with Crippen molar-refractivity contribution in [3.05, 3.63) is 24.3 Å².